The predicted octanol–water partition coefficient (Wildman–Crippen LogP) is 2.80. The number of hydrogen-bond donors (Lipinski definition) is 1. The molecular formula is C13H27NO. The van der Waals surface area contributed by atoms with Crippen molar-refractivity contribution in [1.29, 1.82) is 0 Å². The highest BCUT2D eigenvalue weighted by Gasteiger charge is 2.30. The van der Waals surface area contributed by atoms with Crippen molar-refractivity contribution in [3.63, 3.8) is 0 Å². The Morgan fingerprint density at radius 2 is 1.80 bits per heavy atom. The first-order valence-corrected chi connectivity index (χ1v) is 6.59. The van der Waals surface area contributed by atoms with E-state index in [4.69, 9.17) is 0 Å². The minimum atomic E-state index is -0.414. The monoisotopic (exact) mass is 213 g/mol. The summed E-state index contributed by atoms with van der Waals surface area (Å²) in [6.45, 7) is 7.35. The van der Waals surface area contributed by atoms with Gasteiger partial charge in [-0.2, -0.15) is 0 Å². The summed E-state index contributed by atoms with van der Waals surface area (Å²) in [4.78, 5) is 2.40. The average molecular weight is 213 g/mol. The molecule has 2 nitrogen and oxygen atoms in total. The van der Waals surface area contributed by atoms with Crippen molar-refractivity contribution < 1.29 is 5.11 Å². The molecule has 1 aliphatic rings. The van der Waals surface area contributed by atoms with Gasteiger partial charge in [-0.15, -0.1) is 0 Å². The molecule has 1 rings (SSSR count). The van der Waals surface area contributed by atoms with Gasteiger partial charge in [0.1, 0.15) is 0 Å². The molecule has 90 valence electrons. The van der Waals surface area contributed by atoms with Crippen LogP contribution < -0.4 is 0 Å². The minimum absolute atomic E-state index is 0.414. The second kappa shape index (κ2) is 6.49. The Hall–Kier alpha value is -0.0800. The third-order valence-corrected chi connectivity index (χ3v) is 3.36. The lowest BCUT2D eigenvalue weighted by atomic mass is 10.1. The van der Waals surface area contributed by atoms with Crippen molar-refractivity contribution in [2.24, 2.45) is 0 Å². The van der Waals surface area contributed by atoms with E-state index in [-0.39, 0.29) is 0 Å². The topological polar surface area (TPSA) is 23.5 Å². The van der Waals surface area contributed by atoms with Crippen LogP contribution in [0.25, 0.3) is 0 Å². The fourth-order valence-corrected chi connectivity index (χ4v) is 2.35. The standard InChI is InChI=1S/C13H27NO/c1-3-4-5-6-7-8-10-14-11-9-13(2,15)12-14/h15H,3-12H2,1-2H3. The van der Waals surface area contributed by atoms with Crippen LogP contribution in [0.15, 0.2) is 0 Å². The van der Waals surface area contributed by atoms with Crippen molar-refractivity contribution in [2.75, 3.05) is 19.6 Å². The van der Waals surface area contributed by atoms with E-state index in [1.165, 1.54) is 45.1 Å². The van der Waals surface area contributed by atoms with Crippen LogP contribution in [0.5, 0.6) is 0 Å². The van der Waals surface area contributed by atoms with Gasteiger partial charge in [-0.05, 0) is 26.3 Å². The van der Waals surface area contributed by atoms with Gasteiger partial charge in [-0.3, -0.25) is 0 Å². The van der Waals surface area contributed by atoms with Crippen LogP contribution >= 0.6 is 0 Å². The normalized spacial score (nSPS) is 27.4. The van der Waals surface area contributed by atoms with Crippen LogP contribution in [0.3, 0.4) is 0 Å². The zero-order chi connectivity index (χ0) is 11.1. The first-order chi connectivity index (χ1) is 7.14. The Bertz CT molecular complexity index is 168. The van der Waals surface area contributed by atoms with Gasteiger partial charge in [0, 0.05) is 13.1 Å². The molecule has 2 heteroatoms. The predicted molar refractivity (Wildman–Crippen MR) is 65.1 cm³/mol. The highest BCUT2D eigenvalue weighted by Crippen LogP contribution is 2.20. The smallest absolute Gasteiger partial charge is 0.0758 e. The molecule has 1 unspecified atom stereocenters. The molecule has 0 spiro atoms. The lowest BCUT2D eigenvalue weighted by molar-refractivity contribution is 0.0686. The van der Waals surface area contributed by atoms with E-state index in [9.17, 15) is 5.11 Å². The molecule has 0 aromatic rings. The molecule has 0 aliphatic carbocycles. The van der Waals surface area contributed by atoms with Crippen molar-refractivity contribution in [1.82, 2.24) is 4.90 Å². The summed E-state index contributed by atoms with van der Waals surface area (Å²) < 4.78 is 0. The number of hydrogen-bond acceptors (Lipinski definition) is 2. The van der Waals surface area contributed by atoms with Crippen molar-refractivity contribution in [2.45, 2.75) is 64.4 Å². The number of rotatable bonds is 7. The van der Waals surface area contributed by atoms with Crippen LogP contribution in [0.2, 0.25) is 0 Å². The molecule has 0 saturated carbocycles. The number of nitrogens with zero attached hydrogens (tertiary/aromatic N) is 1. The number of unbranched alkanes of at least 4 members (excludes halogenated alkanes) is 5. The largest absolute Gasteiger partial charge is 0.389 e. The second-order valence-corrected chi connectivity index (χ2v) is 5.29. The van der Waals surface area contributed by atoms with Crippen LogP contribution in [0.4, 0.5) is 0 Å². The minimum Gasteiger partial charge on any atom is -0.389 e. The zero-order valence-electron chi connectivity index (χ0n) is 10.5. The molecule has 1 N–H and O–H groups in total. The maximum absolute atomic E-state index is 9.80. The van der Waals surface area contributed by atoms with E-state index in [1.807, 2.05) is 6.92 Å². The maximum atomic E-state index is 9.80. The highest BCUT2D eigenvalue weighted by molar-refractivity contribution is 4.85. The van der Waals surface area contributed by atoms with Crippen molar-refractivity contribution in [3.05, 3.63) is 0 Å². The van der Waals surface area contributed by atoms with E-state index < -0.39 is 5.60 Å². The van der Waals surface area contributed by atoms with Gasteiger partial charge in [-0.25, -0.2) is 0 Å². The quantitative estimate of drug-likeness (QED) is 0.657. The summed E-state index contributed by atoms with van der Waals surface area (Å²) in [6.07, 6.45) is 9.11. The fraction of sp³-hybridized carbons (Fsp3) is 1.00. The molecule has 1 saturated heterocycles. The summed E-state index contributed by atoms with van der Waals surface area (Å²) in [7, 11) is 0. The maximum Gasteiger partial charge on any atom is 0.0758 e. The van der Waals surface area contributed by atoms with Crippen LogP contribution in [-0.2, 0) is 0 Å². The van der Waals surface area contributed by atoms with Crippen LogP contribution in [0.1, 0.15) is 58.8 Å². The highest BCUT2D eigenvalue weighted by atomic mass is 16.3. The number of likely N-dealkylation sites (tertiary alicyclic amines) is 1. The second-order valence-electron chi connectivity index (χ2n) is 5.29. The van der Waals surface area contributed by atoms with Crippen molar-refractivity contribution in [3.8, 4) is 0 Å². The lowest BCUT2D eigenvalue weighted by Crippen LogP contribution is -2.30. The molecule has 0 bridgehead atoms. The molecule has 15 heavy (non-hydrogen) atoms. The molecular weight excluding hydrogens is 186 g/mol. The Morgan fingerprint density at radius 1 is 1.13 bits per heavy atom. The summed E-state index contributed by atoms with van der Waals surface area (Å²) in [5, 5.41) is 9.80. The molecule has 1 heterocycles. The van der Waals surface area contributed by atoms with Crippen LogP contribution in [-0.4, -0.2) is 35.2 Å². The Balaban J connectivity index is 1.93. The average Bonchev–Trinajstić information content (AvgIpc) is 2.52. The molecule has 0 aromatic heterocycles. The van der Waals surface area contributed by atoms with Gasteiger partial charge in [0.15, 0.2) is 0 Å². The third kappa shape index (κ3) is 5.53. The Kier molecular flexibility index (Phi) is 5.62. The van der Waals surface area contributed by atoms with E-state index in [0.29, 0.717) is 0 Å². The number of β-amino-alcohol motifs (C(OH)–C–C–N with tert-alkyl or cyclic N) is 1. The Morgan fingerprint density at radius 3 is 2.40 bits per heavy atom. The molecule has 1 atom stereocenters. The summed E-state index contributed by atoms with van der Waals surface area (Å²) in [5.41, 5.74) is -0.414. The summed E-state index contributed by atoms with van der Waals surface area (Å²) in [6, 6.07) is 0. The Labute approximate surface area is 94.7 Å². The lowest BCUT2D eigenvalue weighted by Gasteiger charge is -2.18. The molecule has 1 aliphatic heterocycles. The van der Waals surface area contributed by atoms with Gasteiger partial charge in [0.2, 0.25) is 0 Å². The van der Waals surface area contributed by atoms with Gasteiger partial charge in [-0.1, -0.05) is 39.0 Å². The number of aliphatic hydroxyl groups is 1. The SMILES string of the molecule is CCCCCCCCN1CCC(C)(O)C1. The first kappa shape index (κ1) is 13.0. The summed E-state index contributed by atoms with van der Waals surface area (Å²) >= 11 is 0. The zero-order valence-corrected chi connectivity index (χ0v) is 10.5. The van der Waals surface area contributed by atoms with E-state index >= 15 is 0 Å². The summed E-state index contributed by atoms with van der Waals surface area (Å²) in [5.74, 6) is 0. The van der Waals surface area contributed by atoms with Gasteiger partial charge >= 0.3 is 0 Å². The molecule has 0 radical (unpaired) electrons. The molecule has 1 fully saturated rings. The van der Waals surface area contributed by atoms with E-state index in [2.05, 4.69) is 11.8 Å². The van der Waals surface area contributed by atoms with E-state index in [0.717, 1.165) is 19.5 Å². The van der Waals surface area contributed by atoms with Gasteiger partial charge < -0.3 is 10.0 Å². The van der Waals surface area contributed by atoms with Gasteiger partial charge in [0.05, 0.1) is 5.60 Å². The van der Waals surface area contributed by atoms with Crippen molar-refractivity contribution >= 4 is 0 Å². The van der Waals surface area contributed by atoms with Gasteiger partial charge in [0.25, 0.3) is 0 Å². The molecule has 0 aromatic carbocycles. The molecule has 0 amide bonds. The van der Waals surface area contributed by atoms with E-state index in [1.54, 1.807) is 0 Å². The first-order valence-electron chi connectivity index (χ1n) is 6.59. The third-order valence-electron chi connectivity index (χ3n) is 3.36. The fourth-order valence-electron chi connectivity index (χ4n) is 2.35. The van der Waals surface area contributed by atoms with Crippen LogP contribution in [0, 0.1) is 0 Å².